The molecule has 7 heteroatoms. The van der Waals surface area contributed by atoms with Crippen LogP contribution in [0, 0.1) is 27.7 Å². The summed E-state index contributed by atoms with van der Waals surface area (Å²) in [5, 5.41) is 5.85. The molecule has 35 heavy (non-hydrogen) atoms. The van der Waals surface area contributed by atoms with E-state index < -0.39 is 7.91 Å². The third kappa shape index (κ3) is 13.5. The molecule has 3 nitrogen and oxygen atoms in total. The molecule has 0 aliphatic carbocycles. The molecule has 4 aromatic carbocycles. The van der Waals surface area contributed by atoms with Crippen LogP contribution in [0.4, 0.5) is 4.20 Å². The minimum Gasteiger partial charge on any atom is -0.786 e. The summed E-state index contributed by atoms with van der Waals surface area (Å²) in [4.78, 5) is 16.9. The molecule has 0 heterocycles. The largest absolute Gasteiger partial charge is 0.786 e. The quantitative estimate of drug-likeness (QED) is 0.375. The minimum atomic E-state index is -5.64. The second-order valence-corrected chi connectivity index (χ2v) is 12.5. The van der Waals surface area contributed by atoms with Gasteiger partial charge < -0.3 is 14.4 Å². The molecule has 0 saturated carbocycles. The third-order valence-electron chi connectivity index (χ3n) is 4.98. The van der Waals surface area contributed by atoms with Crippen LogP contribution in [0.2, 0.25) is 0 Å². The van der Waals surface area contributed by atoms with Crippen LogP contribution in [-0.2, 0) is 4.57 Å². The monoisotopic (exact) mass is 528 g/mol. The molecule has 0 radical (unpaired) electrons. The van der Waals surface area contributed by atoms with Crippen molar-refractivity contribution in [2.75, 3.05) is 0 Å². The number of rotatable bonds is 4. The lowest BCUT2D eigenvalue weighted by Crippen LogP contribution is -2.07. The molecule has 0 saturated heterocycles. The van der Waals surface area contributed by atoms with Gasteiger partial charge in [-0.1, -0.05) is 70.8 Å². The van der Waals surface area contributed by atoms with E-state index in [-0.39, 0.29) is 17.2 Å². The van der Waals surface area contributed by atoms with Crippen LogP contribution in [-0.4, -0.2) is 0 Å². The summed E-state index contributed by atoms with van der Waals surface area (Å²) in [6, 6.07) is 35.5. The molecule has 0 spiro atoms. The van der Waals surface area contributed by atoms with Crippen molar-refractivity contribution in [3.05, 3.63) is 119 Å². The average Bonchev–Trinajstić information content (AvgIpc) is 2.79. The minimum absolute atomic E-state index is 0.252. The Morgan fingerprint density at radius 1 is 0.486 bits per heavy atom. The number of aryl methyl sites for hydroxylation is 4. The zero-order chi connectivity index (χ0) is 25.8. The number of halogens is 1. The Hall–Kier alpha value is -2.18. The van der Waals surface area contributed by atoms with Gasteiger partial charge in [0.25, 0.3) is 0 Å². The van der Waals surface area contributed by atoms with E-state index >= 15 is 0 Å². The van der Waals surface area contributed by atoms with Crippen molar-refractivity contribution in [3.8, 4) is 0 Å². The van der Waals surface area contributed by atoms with Crippen molar-refractivity contribution in [2.45, 2.75) is 27.7 Å². The summed E-state index contributed by atoms with van der Waals surface area (Å²) in [6.07, 6.45) is 0. The molecule has 0 fully saturated rings. The maximum Gasteiger partial charge on any atom is 0.110 e. The Labute approximate surface area is 211 Å². The third-order valence-corrected chi connectivity index (χ3v) is 7.85. The maximum atomic E-state index is 10.1. The van der Waals surface area contributed by atoms with Gasteiger partial charge in [0.15, 0.2) is 0 Å². The summed E-state index contributed by atoms with van der Waals surface area (Å²) >= 11 is 0. The van der Waals surface area contributed by atoms with Crippen molar-refractivity contribution < 1.29 is 18.5 Å². The number of hydrogen-bond donors (Lipinski definition) is 0. The predicted octanol–water partition coefficient (Wildman–Crippen LogP) is 4.11. The first kappa shape index (κ1) is 29.1. The van der Waals surface area contributed by atoms with Crippen molar-refractivity contribution in [1.82, 2.24) is 0 Å². The van der Waals surface area contributed by atoms with Crippen LogP contribution < -0.4 is 31.0 Å². The topological polar surface area (TPSA) is 63.2 Å². The van der Waals surface area contributed by atoms with Gasteiger partial charge in [-0.15, -0.1) is 0 Å². The van der Waals surface area contributed by atoms with Crippen molar-refractivity contribution in [1.29, 1.82) is 0 Å². The summed E-state index contributed by atoms with van der Waals surface area (Å²) in [5.74, 6) is 0. The Bertz CT molecular complexity index is 1020. The van der Waals surface area contributed by atoms with Gasteiger partial charge in [-0.3, -0.25) is 0 Å². The van der Waals surface area contributed by atoms with Crippen LogP contribution in [0.1, 0.15) is 22.3 Å². The lowest BCUT2D eigenvalue weighted by Gasteiger charge is -2.15. The molecular weight excluding hydrogens is 496 g/mol. The molecule has 184 valence electrons. The zero-order valence-corrected chi connectivity index (χ0v) is 23.6. The first-order valence-corrected chi connectivity index (χ1v) is 14.9. The van der Waals surface area contributed by atoms with Crippen LogP contribution >= 0.6 is 25.1 Å². The molecule has 4 aromatic rings. The molecular formula is C28H32FO3P3. The summed E-state index contributed by atoms with van der Waals surface area (Å²) in [7, 11) is -5.14. The molecule has 0 aliphatic heterocycles. The van der Waals surface area contributed by atoms with Gasteiger partial charge in [-0.05, 0) is 76.2 Å². The summed E-state index contributed by atoms with van der Waals surface area (Å²) in [6.45, 7) is 8.52. The summed E-state index contributed by atoms with van der Waals surface area (Å²) < 4.78 is 18.6. The maximum absolute atomic E-state index is 10.1. The molecule has 0 atom stereocenters. The molecule has 0 N–H and O–H groups in total. The van der Waals surface area contributed by atoms with E-state index in [2.05, 4.69) is 125 Å². The van der Waals surface area contributed by atoms with E-state index in [0.717, 1.165) is 0 Å². The first-order chi connectivity index (χ1) is 16.5. The number of benzene rings is 4. The zero-order valence-electron chi connectivity index (χ0n) is 20.4. The van der Waals surface area contributed by atoms with Crippen LogP contribution in [0.15, 0.2) is 97.1 Å². The fourth-order valence-electron chi connectivity index (χ4n) is 3.04. The molecule has 0 bridgehead atoms. The van der Waals surface area contributed by atoms with Gasteiger partial charge in [0.05, 0.1) is 38.4 Å². The predicted molar refractivity (Wildman–Crippen MR) is 151 cm³/mol. The van der Waals surface area contributed by atoms with Gasteiger partial charge in [-0.25, -0.2) is 4.20 Å². The standard InChI is InChI=1S/2C14H15P.FH2O3P/c2*1-11-3-7-13(8-4-11)15-14-9-5-12(2)6-10-14;1-5(2,3)4/h2*3-10,15H,1-2H3;(H2,2,3,4). The second-order valence-electron chi connectivity index (χ2n) is 8.36. The lowest BCUT2D eigenvalue weighted by atomic mass is 10.2. The molecule has 0 aliphatic rings. The fourth-order valence-corrected chi connectivity index (χ4v) is 5.35. The van der Waals surface area contributed by atoms with E-state index in [4.69, 9.17) is 14.4 Å². The van der Waals surface area contributed by atoms with Crippen molar-refractivity contribution in [3.63, 3.8) is 0 Å². The molecule has 0 unspecified atom stereocenters. The van der Waals surface area contributed by atoms with Gasteiger partial charge in [0, 0.05) is 0 Å². The Morgan fingerprint density at radius 2 is 0.629 bits per heavy atom. The second kappa shape index (κ2) is 14.4. The highest BCUT2D eigenvalue weighted by Crippen LogP contribution is 2.22. The highest BCUT2D eigenvalue weighted by molar-refractivity contribution is 7.55. The Morgan fingerprint density at radius 3 is 0.771 bits per heavy atom. The van der Waals surface area contributed by atoms with E-state index in [1.54, 1.807) is 0 Å². The van der Waals surface area contributed by atoms with Crippen LogP contribution in [0.5, 0.6) is 0 Å². The molecule has 0 amide bonds. The molecule has 4 rings (SSSR count). The van der Waals surface area contributed by atoms with Gasteiger partial charge in [0.2, 0.25) is 0 Å². The van der Waals surface area contributed by atoms with E-state index in [9.17, 15) is 4.20 Å². The van der Waals surface area contributed by atoms with Gasteiger partial charge in [0.1, 0.15) is 7.91 Å². The highest BCUT2D eigenvalue weighted by atomic mass is 31.2. The molecule has 0 aromatic heterocycles. The van der Waals surface area contributed by atoms with E-state index in [1.165, 1.54) is 43.5 Å². The van der Waals surface area contributed by atoms with E-state index in [0.29, 0.717) is 0 Å². The average molecular weight is 528 g/mol. The van der Waals surface area contributed by atoms with Crippen LogP contribution in [0.25, 0.3) is 0 Å². The first-order valence-electron chi connectivity index (χ1n) is 11.2. The SMILES string of the molecule is Cc1ccc([PH2+]c2ccc(C)cc2)cc1.Cc1ccc([PH2+]c2ccc(C)cc2)cc1.O=P([O-])([O-])F. The van der Waals surface area contributed by atoms with E-state index in [1.807, 2.05) is 0 Å². The van der Waals surface area contributed by atoms with Gasteiger partial charge >= 0.3 is 0 Å². The number of hydrogen-bond acceptors (Lipinski definition) is 3. The lowest BCUT2D eigenvalue weighted by molar-refractivity contribution is -0.328. The Kier molecular flexibility index (Phi) is 12.0. The van der Waals surface area contributed by atoms with Gasteiger partial charge in [-0.2, -0.15) is 0 Å². The highest BCUT2D eigenvalue weighted by Gasteiger charge is 2.03. The Balaban J connectivity index is 0.000000208. The normalized spacial score (nSPS) is 10.5. The van der Waals surface area contributed by atoms with Crippen molar-refractivity contribution >= 4 is 46.3 Å². The summed E-state index contributed by atoms with van der Waals surface area (Å²) in [5.41, 5.74) is 5.34. The fraction of sp³-hybridized carbons (Fsp3) is 0.143. The van der Waals surface area contributed by atoms with Crippen LogP contribution in [0.3, 0.4) is 0 Å². The van der Waals surface area contributed by atoms with Crippen molar-refractivity contribution in [2.24, 2.45) is 0 Å². The smallest absolute Gasteiger partial charge is 0.110 e.